The van der Waals surface area contributed by atoms with Crippen molar-refractivity contribution in [3.63, 3.8) is 0 Å². The number of rotatable bonds is 5. The van der Waals surface area contributed by atoms with Gasteiger partial charge in [0.25, 0.3) is 0 Å². The summed E-state index contributed by atoms with van der Waals surface area (Å²) in [6.45, 7) is 4.70. The minimum absolute atomic E-state index is 0. The molecular formula is C18H27Cl2N5O2. The monoisotopic (exact) mass is 415 g/mol. The van der Waals surface area contributed by atoms with E-state index in [9.17, 15) is 4.79 Å². The van der Waals surface area contributed by atoms with Crippen LogP contribution in [0.3, 0.4) is 0 Å². The molecule has 0 spiro atoms. The van der Waals surface area contributed by atoms with Crippen molar-refractivity contribution in [2.45, 2.75) is 13.0 Å². The molecule has 1 amide bonds. The Balaban J connectivity index is 0.00000182. The normalized spacial score (nSPS) is 16.8. The molecule has 0 bridgehead atoms. The van der Waals surface area contributed by atoms with Gasteiger partial charge in [-0.2, -0.15) is 5.10 Å². The number of halogens is 2. The molecule has 1 aromatic heterocycles. The molecule has 2 heterocycles. The first-order valence-electron chi connectivity index (χ1n) is 8.46. The molecule has 3 rings (SSSR count). The third-order valence-electron chi connectivity index (χ3n) is 4.47. The Labute approximate surface area is 172 Å². The molecule has 9 heteroatoms. The largest absolute Gasteiger partial charge is 0.496 e. The van der Waals surface area contributed by atoms with Crippen LogP contribution in [0.5, 0.6) is 5.75 Å². The second-order valence-corrected chi connectivity index (χ2v) is 6.28. The summed E-state index contributed by atoms with van der Waals surface area (Å²) in [6.07, 6.45) is 0. The van der Waals surface area contributed by atoms with Crippen molar-refractivity contribution in [2.24, 2.45) is 7.05 Å². The van der Waals surface area contributed by atoms with Gasteiger partial charge in [0.2, 0.25) is 5.91 Å². The molecular weight excluding hydrogens is 389 g/mol. The Morgan fingerprint density at radius 2 is 2.11 bits per heavy atom. The average molecular weight is 416 g/mol. The number of methoxy groups -OCH3 is 1. The van der Waals surface area contributed by atoms with Crippen molar-refractivity contribution in [3.05, 3.63) is 41.6 Å². The number of nitrogens with zero attached hydrogens (tertiary/aromatic N) is 3. The van der Waals surface area contributed by atoms with E-state index in [0.29, 0.717) is 12.4 Å². The van der Waals surface area contributed by atoms with Crippen molar-refractivity contribution in [1.82, 2.24) is 20.0 Å². The number of benzene rings is 1. The van der Waals surface area contributed by atoms with E-state index in [-0.39, 0.29) is 36.8 Å². The lowest BCUT2D eigenvalue weighted by atomic mass is 10.0. The maximum absolute atomic E-state index is 12.5. The Morgan fingerprint density at radius 3 is 2.78 bits per heavy atom. The number of para-hydroxylation sites is 1. The van der Waals surface area contributed by atoms with Crippen molar-refractivity contribution in [3.8, 4) is 5.75 Å². The summed E-state index contributed by atoms with van der Waals surface area (Å²) in [7, 11) is 3.50. The van der Waals surface area contributed by atoms with Gasteiger partial charge in [-0.15, -0.1) is 24.8 Å². The maximum atomic E-state index is 12.5. The van der Waals surface area contributed by atoms with Crippen LogP contribution >= 0.6 is 24.8 Å². The molecule has 27 heavy (non-hydrogen) atoms. The van der Waals surface area contributed by atoms with Crippen LogP contribution in [0, 0.1) is 6.92 Å². The molecule has 1 aliphatic heterocycles. The number of carbonyl (C=O) groups is 1. The molecule has 1 fully saturated rings. The van der Waals surface area contributed by atoms with Crippen LogP contribution in [-0.2, 0) is 11.8 Å². The van der Waals surface area contributed by atoms with Gasteiger partial charge in [-0.25, -0.2) is 0 Å². The Bertz CT molecular complexity index is 753. The fraction of sp³-hybridized carbons (Fsp3) is 0.444. The topological polar surface area (TPSA) is 71.4 Å². The molecule has 7 nitrogen and oxygen atoms in total. The highest BCUT2D eigenvalue weighted by Gasteiger charge is 2.27. The van der Waals surface area contributed by atoms with Crippen molar-refractivity contribution < 1.29 is 9.53 Å². The highest BCUT2D eigenvalue weighted by Crippen LogP contribution is 2.29. The number of hydrogen-bond acceptors (Lipinski definition) is 5. The van der Waals surface area contributed by atoms with Crippen LogP contribution in [0.1, 0.15) is 17.3 Å². The zero-order valence-electron chi connectivity index (χ0n) is 15.8. The lowest BCUT2D eigenvalue weighted by Gasteiger charge is -2.36. The number of carbonyl (C=O) groups excluding carboxylic acids is 1. The fourth-order valence-corrected chi connectivity index (χ4v) is 3.28. The van der Waals surface area contributed by atoms with Crippen molar-refractivity contribution in [1.29, 1.82) is 0 Å². The van der Waals surface area contributed by atoms with E-state index < -0.39 is 0 Å². The SMILES string of the molecule is COc1ccccc1C1CNCCN1CC(=O)Nc1cc(C)nn1C.Cl.Cl. The Hall–Kier alpha value is -1.80. The predicted octanol–water partition coefficient (Wildman–Crippen LogP) is 2.17. The molecule has 1 aromatic carbocycles. The first kappa shape index (κ1) is 23.2. The standard InChI is InChI=1S/C18H25N5O2.2ClH/c1-13-10-17(22(2)21-13)20-18(24)12-23-9-8-19-11-15(23)14-6-4-5-7-16(14)25-3;;/h4-7,10,15,19H,8-9,11-12H2,1-3H3,(H,20,24);2*1H. The maximum Gasteiger partial charge on any atom is 0.239 e. The zero-order valence-corrected chi connectivity index (χ0v) is 17.4. The molecule has 1 atom stereocenters. The number of amides is 1. The van der Waals surface area contributed by atoms with Crippen molar-refractivity contribution in [2.75, 3.05) is 38.6 Å². The van der Waals surface area contributed by atoms with Gasteiger partial charge in [-0.1, -0.05) is 18.2 Å². The Morgan fingerprint density at radius 1 is 1.37 bits per heavy atom. The molecule has 0 radical (unpaired) electrons. The van der Waals surface area contributed by atoms with Crippen molar-refractivity contribution >= 4 is 36.5 Å². The van der Waals surface area contributed by atoms with E-state index in [1.807, 2.05) is 38.2 Å². The second kappa shape index (κ2) is 10.5. The molecule has 1 aliphatic rings. The number of piperazine rings is 1. The number of nitrogens with one attached hydrogen (secondary N) is 2. The third kappa shape index (κ3) is 5.59. The van der Waals surface area contributed by atoms with Gasteiger partial charge in [0.05, 0.1) is 25.4 Å². The molecule has 0 aliphatic carbocycles. The smallest absolute Gasteiger partial charge is 0.239 e. The third-order valence-corrected chi connectivity index (χ3v) is 4.47. The molecule has 1 saturated heterocycles. The molecule has 2 aromatic rings. The number of hydrogen-bond donors (Lipinski definition) is 2. The van der Waals surface area contributed by atoms with Gasteiger partial charge in [0.1, 0.15) is 11.6 Å². The summed E-state index contributed by atoms with van der Waals surface area (Å²) >= 11 is 0. The number of aromatic nitrogens is 2. The lowest BCUT2D eigenvalue weighted by Crippen LogP contribution is -2.48. The van der Waals surface area contributed by atoms with E-state index in [2.05, 4.69) is 26.7 Å². The molecule has 150 valence electrons. The van der Waals surface area contributed by atoms with Crippen LogP contribution in [0.15, 0.2) is 30.3 Å². The van der Waals surface area contributed by atoms with Gasteiger partial charge in [-0.05, 0) is 13.0 Å². The second-order valence-electron chi connectivity index (χ2n) is 6.28. The van der Waals surface area contributed by atoms with Crippen LogP contribution in [-0.4, -0.2) is 53.9 Å². The Kier molecular flexibility index (Phi) is 9.05. The molecule has 2 N–H and O–H groups in total. The van der Waals surface area contributed by atoms with E-state index in [0.717, 1.165) is 36.6 Å². The summed E-state index contributed by atoms with van der Waals surface area (Å²) in [5.74, 6) is 1.53. The molecule has 1 unspecified atom stereocenters. The fourth-order valence-electron chi connectivity index (χ4n) is 3.28. The highest BCUT2D eigenvalue weighted by atomic mass is 35.5. The average Bonchev–Trinajstić information content (AvgIpc) is 2.92. The summed E-state index contributed by atoms with van der Waals surface area (Å²) < 4.78 is 7.18. The quantitative estimate of drug-likeness (QED) is 0.782. The minimum Gasteiger partial charge on any atom is -0.496 e. The summed E-state index contributed by atoms with van der Waals surface area (Å²) in [5.41, 5.74) is 1.98. The lowest BCUT2D eigenvalue weighted by molar-refractivity contribution is -0.118. The summed E-state index contributed by atoms with van der Waals surface area (Å²) in [4.78, 5) is 14.7. The van der Waals surface area contributed by atoms with Gasteiger partial charge in [0.15, 0.2) is 0 Å². The van der Waals surface area contributed by atoms with Gasteiger partial charge in [-0.3, -0.25) is 14.4 Å². The van der Waals surface area contributed by atoms with Gasteiger partial charge >= 0.3 is 0 Å². The number of ether oxygens (including phenoxy) is 1. The van der Waals surface area contributed by atoms with E-state index in [4.69, 9.17) is 4.74 Å². The van der Waals surface area contributed by atoms with Gasteiger partial charge < -0.3 is 15.4 Å². The summed E-state index contributed by atoms with van der Waals surface area (Å²) in [5, 5.41) is 10.6. The number of anilines is 1. The van der Waals surface area contributed by atoms with Crippen LogP contribution in [0.4, 0.5) is 5.82 Å². The minimum atomic E-state index is -0.0372. The highest BCUT2D eigenvalue weighted by molar-refractivity contribution is 5.91. The van der Waals surface area contributed by atoms with Crippen LogP contribution in [0.2, 0.25) is 0 Å². The summed E-state index contributed by atoms with van der Waals surface area (Å²) in [6, 6.07) is 9.95. The van der Waals surface area contributed by atoms with Crippen LogP contribution < -0.4 is 15.4 Å². The van der Waals surface area contributed by atoms with E-state index >= 15 is 0 Å². The first-order valence-corrected chi connectivity index (χ1v) is 8.46. The zero-order chi connectivity index (χ0) is 17.8. The number of aryl methyl sites for hydroxylation is 2. The predicted molar refractivity (Wildman–Crippen MR) is 111 cm³/mol. The van der Waals surface area contributed by atoms with Crippen LogP contribution in [0.25, 0.3) is 0 Å². The van der Waals surface area contributed by atoms with E-state index in [1.54, 1.807) is 11.8 Å². The molecule has 0 saturated carbocycles. The first-order chi connectivity index (χ1) is 12.1. The van der Waals surface area contributed by atoms with Gasteiger partial charge in [0, 0.05) is 38.3 Å². The van der Waals surface area contributed by atoms with E-state index in [1.165, 1.54) is 0 Å².